The molecule has 1 aliphatic rings. The van der Waals surface area contributed by atoms with Crippen molar-refractivity contribution in [3.05, 3.63) is 41.4 Å². The molecular weight excluding hydrogens is 362 g/mol. The van der Waals surface area contributed by atoms with Gasteiger partial charge in [-0.1, -0.05) is 0 Å². The number of nitrogens with one attached hydrogen (secondary N) is 1. The third-order valence-electron chi connectivity index (χ3n) is 3.79. The Balaban J connectivity index is 1.76. The Hall–Kier alpha value is -1.81. The normalized spacial score (nSPS) is 21.8. The third-order valence-corrected chi connectivity index (χ3v) is 6.33. The molecule has 2 atom stereocenters. The number of benzene rings is 1. The van der Waals surface area contributed by atoms with Crippen molar-refractivity contribution >= 4 is 32.4 Å². The van der Waals surface area contributed by atoms with Crippen LogP contribution in [0.4, 0.5) is 5.13 Å². The van der Waals surface area contributed by atoms with E-state index in [1.54, 1.807) is 11.6 Å². The first kappa shape index (κ1) is 18.0. The molecule has 0 bridgehead atoms. The summed E-state index contributed by atoms with van der Waals surface area (Å²) in [5, 5.41) is 4.92. The zero-order chi connectivity index (χ0) is 18.0. The molecule has 0 saturated carbocycles. The fourth-order valence-electron chi connectivity index (χ4n) is 2.71. The number of aromatic nitrogens is 1. The molecule has 0 aliphatic carbocycles. The molecule has 1 aliphatic heterocycles. The van der Waals surface area contributed by atoms with Gasteiger partial charge >= 0.3 is 0 Å². The van der Waals surface area contributed by atoms with E-state index >= 15 is 0 Å². The summed E-state index contributed by atoms with van der Waals surface area (Å²) in [5.74, 6) is -0.326. The van der Waals surface area contributed by atoms with Crippen LogP contribution in [0.5, 0.6) is 0 Å². The summed E-state index contributed by atoms with van der Waals surface area (Å²) in [5.41, 5.74) is 0.373. The number of rotatable bonds is 4. The van der Waals surface area contributed by atoms with Crippen LogP contribution >= 0.6 is 11.3 Å². The summed E-state index contributed by atoms with van der Waals surface area (Å²) in [7, 11) is -3.61. The molecule has 1 N–H and O–H groups in total. The van der Waals surface area contributed by atoms with Gasteiger partial charge in [-0.3, -0.25) is 10.1 Å². The van der Waals surface area contributed by atoms with Gasteiger partial charge < -0.3 is 4.74 Å². The monoisotopic (exact) mass is 381 g/mol. The van der Waals surface area contributed by atoms with E-state index in [0.29, 0.717) is 23.8 Å². The van der Waals surface area contributed by atoms with Crippen molar-refractivity contribution in [3.63, 3.8) is 0 Å². The number of amides is 1. The lowest BCUT2D eigenvalue weighted by Crippen LogP contribution is -2.48. The molecule has 0 spiro atoms. The predicted octanol–water partition coefficient (Wildman–Crippen LogP) is 2.19. The molecule has 7 nitrogen and oxygen atoms in total. The maximum Gasteiger partial charge on any atom is 0.257 e. The minimum Gasteiger partial charge on any atom is -0.373 e. The second kappa shape index (κ2) is 7.20. The zero-order valence-electron chi connectivity index (χ0n) is 13.9. The van der Waals surface area contributed by atoms with Crippen LogP contribution in [0.15, 0.2) is 40.7 Å². The molecule has 2 aromatic rings. The lowest BCUT2D eigenvalue weighted by molar-refractivity contribution is -0.0440. The van der Waals surface area contributed by atoms with Gasteiger partial charge in [-0.25, -0.2) is 13.4 Å². The number of ether oxygens (including phenoxy) is 1. The van der Waals surface area contributed by atoms with Crippen LogP contribution in [0.25, 0.3) is 0 Å². The van der Waals surface area contributed by atoms with E-state index in [2.05, 4.69) is 10.3 Å². The van der Waals surface area contributed by atoms with E-state index < -0.39 is 10.0 Å². The van der Waals surface area contributed by atoms with Gasteiger partial charge in [0.2, 0.25) is 10.0 Å². The van der Waals surface area contributed by atoms with Gasteiger partial charge in [0, 0.05) is 30.2 Å². The fraction of sp³-hybridized carbons (Fsp3) is 0.375. The number of hydrogen-bond acceptors (Lipinski definition) is 6. The first-order valence-electron chi connectivity index (χ1n) is 7.83. The van der Waals surface area contributed by atoms with Crippen molar-refractivity contribution < 1.29 is 17.9 Å². The summed E-state index contributed by atoms with van der Waals surface area (Å²) in [4.78, 5) is 16.3. The van der Waals surface area contributed by atoms with Crippen LogP contribution in [-0.2, 0) is 14.8 Å². The van der Waals surface area contributed by atoms with Gasteiger partial charge in [-0.2, -0.15) is 4.31 Å². The van der Waals surface area contributed by atoms with Gasteiger partial charge in [-0.05, 0) is 38.1 Å². The van der Waals surface area contributed by atoms with Crippen molar-refractivity contribution in [3.8, 4) is 0 Å². The van der Waals surface area contributed by atoms with Gasteiger partial charge in [0.1, 0.15) is 0 Å². The highest BCUT2D eigenvalue weighted by atomic mass is 32.2. The first-order valence-corrected chi connectivity index (χ1v) is 10.1. The third kappa shape index (κ3) is 4.06. The van der Waals surface area contributed by atoms with Crippen LogP contribution < -0.4 is 5.32 Å². The second-order valence-corrected chi connectivity index (χ2v) is 8.73. The van der Waals surface area contributed by atoms with Gasteiger partial charge in [0.05, 0.1) is 17.1 Å². The number of carbonyl (C=O) groups excluding carboxylic acids is 1. The second-order valence-electron chi connectivity index (χ2n) is 5.90. The molecule has 3 rings (SSSR count). The number of nitrogens with zero attached hydrogens (tertiary/aromatic N) is 2. The molecule has 0 unspecified atom stereocenters. The van der Waals surface area contributed by atoms with Crippen LogP contribution in [0, 0.1) is 0 Å². The van der Waals surface area contributed by atoms with E-state index in [-0.39, 0.29) is 23.0 Å². The molecule has 1 aromatic heterocycles. The molecule has 2 heterocycles. The van der Waals surface area contributed by atoms with Gasteiger partial charge in [0.15, 0.2) is 5.13 Å². The molecular formula is C16H19N3O4S2. The van der Waals surface area contributed by atoms with Crippen LogP contribution in [0.3, 0.4) is 0 Å². The molecule has 1 saturated heterocycles. The number of sulfonamides is 1. The van der Waals surface area contributed by atoms with Gasteiger partial charge in [-0.15, -0.1) is 11.3 Å². The molecule has 134 valence electrons. The highest BCUT2D eigenvalue weighted by molar-refractivity contribution is 7.89. The Morgan fingerprint density at radius 1 is 1.24 bits per heavy atom. The first-order chi connectivity index (χ1) is 11.9. The average Bonchev–Trinajstić information content (AvgIpc) is 3.07. The summed E-state index contributed by atoms with van der Waals surface area (Å²) in [6.45, 7) is 4.34. The lowest BCUT2D eigenvalue weighted by atomic mass is 10.2. The molecule has 9 heteroatoms. The average molecular weight is 381 g/mol. The van der Waals surface area contributed by atoms with Crippen molar-refractivity contribution in [2.24, 2.45) is 0 Å². The molecule has 25 heavy (non-hydrogen) atoms. The van der Waals surface area contributed by atoms with E-state index in [4.69, 9.17) is 4.74 Å². The van der Waals surface area contributed by atoms with Crippen LogP contribution in [-0.4, -0.2) is 48.9 Å². The summed E-state index contributed by atoms with van der Waals surface area (Å²) in [6.07, 6.45) is 1.30. The highest BCUT2D eigenvalue weighted by Crippen LogP contribution is 2.22. The number of carbonyl (C=O) groups is 1. The molecule has 1 aromatic carbocycles. The quantitative estimate of drug-likeness (QED) is 0.877. The van der Waals surface area contributed by atoms with Gasteiger partial charge in [0.25, 0.3) is 5.91 Å². The summed E-state index contributed by atoms with van der Waals surface area (Å²) >= 11 is 1.32. The molecule has 0 radical (unpaired) electrons. The van der Waals surface area contributed by atoms with E-state index in [0.717, 1.165) is 0 Å². The van der Waals surface area contributed by atoms with Crippen LogP contribution in [0.2, 0.25) is 0 Å². The summed E-state index contributed by atoms with van der Waals surface area (Å²) < 4.78 is 32.6. The smallest absolute Gasteiger partial charge is 0.257 e. The number of thiazole rings is 1. The summed E-state index contributed by atoms with van der Waals surface area (Å²) in [6, 6.07) is 5.92. The lowest BCUT2D eigenvalue weighted by Gasteiger charge is -2.34. The Morgan fingerprint density at radius 3 is 2.44 bits per heavy atom. The topological polar surface area (TPSA) is 88.6 Å². The SMILES string of the molecule is C[C@@H]1CN(S(=O)(=O)c2ccc(C(=O)Nc3nccs3)cc2)C[C@H](C)O1. The van der Waals surface area contributed by atoms with E-state index in [9.17, 15) is 13.2 Å². The largest absolute Gasteiger partial charge is 0.373 e. The van der Waals surface area contributed by atoms with Crippen molar-refractivity contribution in [2.45, 2.75) is 31.0 Å². The fourth-order valence-corrected chi connectivity index (χ4v) is 4.82. The Morgan fingerprint density at radius 2 is 1.88 bits per heavy atom. The highest BCUT2D eigenvalue weighted by Gasteiger charge is 2.32. The van der Waals surface area contributed by atoms with Crippen molar-refractivity contribution in [2.75, 3.05) is 18.4 Å². The Labute approximate surface area is 150 Å². The zero-order valence-corrected chi connectivity index (χ0v) is 15.5. The maximum atomic E-state index is 12.8. The van der Waals surface area contributed by atoms with Crippen molar-refractivity contribution in [1.29, 1.82) is 0 Å². The van der Waals surface area contributed by atoms with E-state index in [1.807, 2.05) is 13.8 Å². The maximum absolute atomic E-state index is 12.8. The van der Waals surface area contributed by atoms with Crippen LogP contribution in [0.1, 0.15) is 24.2 Å². The predicted molar refractivity (Wildman–Crippen MR) is 95.3 cm³/mol. The minimum absolute atomic E-state index is 0.151. The minimum atomic E-state index is -3.61. The standard InChI is InChI=1S/C16H19N3O4S2/c1-11-9-19(10-12(2)23-11)25(21,22)14-5-3-13(4-6-14)15(20)18-16-17-7-8-24-16/h3-8,11-12H,9-10H2,1-2H3,(H,17,18,20)/t11-,12+. The number of morpholine rings is 1. The number of anilines is 1. The Bertz CT molecular complexity index is 825. The van der Waals surface area contributed by atoms with E-state index in [1.165, 1.54) is 39.9 Å². The number of hydrogen-bond donors (Lipinski definition) is 1. The Kier molecular flexibility index (Phi) is 5.19. The van der Waals surface area contributed by atoms with Crippen molar-refractivity contribution in [1.82, 2.24) is 9.29 Å². The molecule has 1 amide bonds. The molecule has 1 fully saturated rings.